The molecule has 0 aliphatic carbocycles. The van der Waals surface area contributed by atoms with E-state index in [1.807, 2.05) is 6.92 Å². The average Bonchev–Trinajstić information content (AvgIpc) is 3.26. The molecule has 40 heavy (non-hydrogen) atoms. The zero-order chi connectivity index (χ0) is 28.9. The quantitative estimate of drug-likeness (QED) is 0.214. The van der Waals surface area contributed by atoms with Crippen LogP contribution in [0.5, 0.6) is 5.88 Å². The number of amidine groups is 1. The highest BCUT2D eigenvalue weighted by molar-refractivity contribution is 7.89. The molecule has 0 saturated carbocycles. The number of hydroxylamine groups is 1. The molecule has 1 saturated heterocycles. The van der Waals surface area contributed by atoms with Crippen LogP contribution in [0.15, 0.2) is 40.4 Å². The first kappa shape index (κ1) is 29.7. The number of aryl methyl sites for hydroxylation is 1. The van der Waals surface area contributed by atoms with Gasteiger partial charge in [-0.3, -0.25) is 0 Å². The summed E-state index contributed by atoms with van der Waals surface area (Å²) in [4.78, 5) is 16.6. The normalized spacial score (nSPS) is 15.3. The molecular formula is C27H38FN7O4S. The van der Waals surface area contributed by atoms with Crippen molar-refractivity contribution in [2.24, 2.45) is 10.9 Å². The summed E-state index contributed by atoms with van der Waals surface area (Å²) in [5, 5.41) is 4.59. The number of ether oxygens (including phenoxy) is 1. The maximum absolute atomic E-state index is 15.3. The molecule has 1 fully saturated rings. The summed E-state index contributed by atoms with van der Waals surface area (Å²) in [7, 11) is -2.08. The molecule has 0 unspecified atom stereocenters. The number of sulfonamides is 1. The van der Waals surface area contributed by atoms with Crippen LogP contribution in [0.25, 0.3) is 16.8 Å². The molecule has 0 radical (unpaired) electrons. The third-order valence-electron chi connectivity index (χ3n) is 6.51. The molecule has 1 aliphatic rings. The van der Waals surface area contributed by atoms with Gasteiger partial charge in [0.1, 0.15) is 11.9 Å². The summed E-state index contributed by atoms with van der Waals surface area (Å²) in [5.74, 6) is 0.257. The Kier molecular flexibility index (Phi) is 9.59. The Balaban J connectivity index is 1.53. The van der Waals surface area contributed by atoms with Crippen molar-refractivity contribution >= 4 is 21.7 Å². The highest BCUT2D eigenvalue weighted by Gasteiger charge is 2.26. The van der Waals surface area contributed by atoms with Gasteiger partial charge in [0.2, 0.25) is 15.9 Å². The van der Waals surface area contributed by atoms with Crippen molar-refractivity contribution in [2.45, 2.75) is 58.0 Å². The highest BCUT2D eigenvalue weighted by Crippen LogP contribution is 2.32. The highest BCUT2D eigenvalue weighted by atomic mass is 32.2. The predicted octanol–water partition coefficient (Wildman–Crippen LogP) is 3.54. The van der Waals surface area contributed by atoms with E-state index in [1.165, 1.54) is 12.1 Å². The number of aliphatic imine (C=N–C) groups is 1. The summed E-state index contributed by atoms with van der Waals surface area (Å²) in [6.45, 7) is 10.2. The zero-order valence-electron chi connectivity index (χ0n) is 23.6. The van der Waals surface area contributed by atoms with Crippen molar-refractivity contribution in [1.29, 1.82) is 0 Å². The van der Waals surface area contributed by atoms with E-state index >= 15 is 4.39 Å². The number of rotatable bonds is 10. The van der Waals surface area contributed by atoms with Gasteiger partial charge in [-0.15, -0.1) is 0 Å². The first-order chi connectivity index (χ1) is 19.1. The third-order valence-corrected chi connectivity index (χ3v) is 7.96. The Bertz CT molecular complexity index is 1450. The van der Waals surface area contributed by atoms with E-state index in [2.05, 4.69) is 44.0 Å². The predicted molar refractivity (Wildman–Crippen MR) is 151 cm³/mol. The lowest BCUT2D eigenvalue weighted by Gasteiger charge is -2.33. The molecule has 3 heterocycles. The standard InChI is InChI=1S/C27H38FN7O4S/c1-6-12-32-40(36,37)21-7-8-22(23(28)16-21)25-19(4)33-35-24(9-13-30-26(25)35)38-20-10-14-34(15-11-20)27(39-29-5)31-17-18(2)3/h7-9,13,16,18,20,29,32H,6,10-12,14-15,17H2,1-5H3. The summed E-state index contributed by atoms with van der Waals surface area (Å²) in [6, 6.07) is 6.19. The van der Waals surface area contributed by atoms with Crippen molar-refractivity contribution in [3.05, 3.63) is 42.0 Å². The molecule has 2 N–H and O–H groups in total. The van der Waals surface area contributed by atoms with Gasteiger partial charge in [0.25, 0.3) is 0 Å². The van der Waals surface area contributed by atoms with Crippen molar-refractivity contribution in [1.82, 2.24) is 29.7 Å². The molecule has 0 bridgehead atoms. The number of hydrogen-bond acceptors (Lipinski definition) is 8. The van der Waals surface area contributed by atoms with Gasteiger partial charge >= 0.3 is 6.02 Å². The van der Waals surface area contributed by atoms with Gasteiger partial charge in [0.05, 0.1) is 16.2 Å². The summed E-state index contributed by atoms with van der Waals surface area (Å²) < 4.78 is 50.6. The second-order valence-corrected chi connectivity index (χ2v) is 11.9. The van der Waals surface area contributed by atoms with E-state index in [4.69, 9.17) is 9.57 Å². The number of benzene rings is 1. The Morgan fingerprint density at radius 3 is 2.65 bits per heavy atom. The Hall–Kier alpha value is -3.29. The van der Waals surface area contributed by atoms with Crippen LogP contribution in [-0.4, -0.2) is 73.3 Å². The Labute approximate surface area is 234 Å². The van der Waals surface area contributed by atoms with Crippen molar-refractivity contribution < 1.29 is 22.4 Å². The second kappa shape index (κ2) is 12.9. The molecule has 2 aromatic heterocycles. The molecule has 0 atom stereocenters. The number of hydrogen-bond donors (Lipinski definition) is 2. The molecule has 13 heteroatoms. The molecule has 218 valence electrons. The fourth-order valence-electron chi connectivity index (χ4n) is 4.50. The van der Waals surface area contributed by atoms with Gasteiger partial charge < -0.3 is 14.5 Å². The van der Waals surface area contributed by atoms with Gasteiger partial charge in [0, 0.05) is 63.9 Å². The summed E-state index contributed by atoms with van der Waals surface area (Å²) in [5.41, 5.74) is 4.40. The van der Waals surface area contributed by atoms with Crippen molar-refractivity contribution in [2.75, 3.05) is 33.2 Å². The number of likely N-dealkylation sites (tertiary alicyclic amines) is 1. The van der Waals surface area contributed by atoms with E-state index in [0.717, 1.165) is 18.9 Å². The topological polar surface area (TPSA) is 122 Å². The van der Waals surface area contributed by atoms with E-state index in [1.54, 1.807) is 30.8 Å². The molecule has 1 aliphatic heterocycles. The van der Waals surface area contributed by atoms with Gasteiger partial charge in [-0.05, 0) is 37.5 Å². The summed E-state index contributed by atoms with van der Waals surface area (Å²) in [6.07, 6.45) is 3.68. The Morgan fingerprint density at radius 1 is 1.25 bits per heavy atom. The maximum Gasteiger partial charge on any atom is 0.307 e. The van der Waals surface area contributed by atoms with Crippen LogP contribution in [0.1, 0.15) is 45.7 Å². The van der Waals surface area contributed by atoms with Crippen LogP contribution in [0.2, 0.25) is 0 Å². The van der Waals surface area contributed by atoms with Gasteiger partial charge in [-0.2, -0.15) is 15.1 Å². The monoisotopic (exact) mass is 575 g/mol. The largest absolute Gasteiger partial charge is 0.474 e. The number of halogens is 1. The van der Waals surface area contributed by atoms with Crippen LogP contribution >= 0.6 is 0 Å². The van der Waals surface area contributed by atoms with E-state index in [0.29, 0.717) is 60.8 Å². The molecule has 4 rings (SSSR count). The molecular weight excluding hydrogens is 537 g/mol. The van der Waals surface area contributed by atoms with Gasteiger partial charge in [0.15, 0.2) is 5.65 Å². The lowest BCUT2D eigenvalue weighted by Crippen LogP contribution is -2.44. The SMILES string of the molecule is CCCNS(=O)(=O)c1ccc(-c2c(C)nn3c(OC4CCN(C(=NCC(C)C)ONC)CC4)ccnc23)c(F)c1. The minimum atomic E-state index is -3.79. The third kappa shape index (κ3) is 6.70. The molecule has 0 spiro atoms. The van der Waals surface area contributed by atoms with Crippen LogP contribution in [0.3, 0.4) is 0 Å². The number of aromatic nitrogens is 3. The van der Waals surface area contributed by atoms with Gasteiger partial charge in [-0.25, -0.2) is 27.5 Å². The molecule has 0 amide bonds. The zero-order valence-corrected chi connectivity index (χ0v) is 24.5. The van der Waals surface area contributed by atoms with Crippen LogP contribution < -0.4 is 14.9 Å². The molecule has 11 nitrogen and oxygen atoms in total. The first-order valence-electron chi connectivity index (χ1n) is 13.6. The Morgan fingerprint density at radius 2 is 2.00 bits per heavy atom. The second-order valence-electron chi connectivity index (χ2n) is 10.1. The van der Waals surface area contributed by atoms with E-state index in [9.17, 15) is 8.42 Å². The van der Waals surface area contributed by atoms with Crippen LogP contribution in [-0.2, 0) is 14.9 Å². The number of fused-ring (bicyclic) bond motifs is 1. The molecule has 1 aromatic carbocycles. The number of nitrogens with zero attached hydrogens (tertiary/aromatic N) is 5. The minimum absolute atomic E-state index is 0.0624. The van der Waals surface area contributed by atoms with Crippen LogP contribution in [0.4, 0.5) is 4.39 Å². The first-order valence-corrected chi connectivity index (χ1v) is 15.1. The summed E-state index contributed by atoms with van der Waals surface area (Å²) >= 11 is 0. The smallest absolute Gasteiger partial charge is 0.307 e. The molecule has 3 aromatic rings. The number of nitrogens with one attached hydrogen (secondary N) is 2. The lowest BCUT2D eigenvalue weighted by atomic mass is 10.1. The van der Waals surface area contributed by atoms with Crippen LogP contribution in [0, 0.1) is 18.7 Å². The lowest BCUT2D eigenvalue weighted by molar-refractivity contribution is 0.0951. The van der Waals surface area contributed by atoms with E-state index < -0.39 is 15.8 Å². The average molecular weight is 576 g/mol. The minimum Gasteiger partial charge on any atom is -0.474 e. The number of piperidine rings is 1. The van der Waals surface area contributed by atoms with Crippen molar-refractivity contribution in [3.8, 4) is 17.0 Å². The van der Waals surface area contributed by atoms with Gasteiger partial charge in [-0.1, -0.05) is 20.8 Å². The van der Waals surface area contributed by atoms with E-state index in [-0.39, 0.29) is 23.1 Å². The maximum atomic E-state index is 15.3. The van der Waals surface area contributed by atoms with Crippen molar-refractivity contribution in [3.63, 3.8) is 0 Å². The fourth-order valence-corrected chi connectivity index (χ4v) is 5.65. The fraction of sp³-hybridized carbons (Fsp3) is 0.519.